The lowest BCUT2D eigenvalue weighted by Crippen LogP contribution is -2.69. The molecule has 0 bridgehead atoms. The number of likely N-dealkylation sites (tertiary alicyclic amines) is 1. The SMILES string of the molecule is CO[C@@]1(C)C[C@@H](O)C12CCN(C(=O)CCCc1ccc(F)cc1)CC2. The molecule has 5 heteroatoms. The minimum Gasteiger partial charge on any atom is -0.392 e. The quantitative estimate of drug-likeness (QED) is 0.889. The molecule has 1 amide bonds. The highest BCUT2D eigenvalue weighted by Gasteiger charge is 2.63. The number of ether oxygens (including phenoxy) is 1. The average molecular weight is 349 g/mol. The summed E-state index contributed by atoms with van der Waals surface area (Å²) in [5, 5.41) is 10.3. The van der Waals surface area contributed by atoms with Crippen LogP contribution in [0.4, 0.5) is 4.39 Å². The minimum atomic E-state index is -0.326. The monoisotopic (exact) mass is 349 g/mol. The van der Waals surface area contributed by atoms with Crippen LogP contribution in [0.3, 0.4) is 0 Å². The zero-order valence-corrected chi connectivity index (χ0v) is 15.1. The summed E-state index contributed by atoms with van der Waals surface area (Å²) in [4.78, 5) is 14.4. The van der Waals surface area contributed by atoms with Crippen molar-refractivity contribution in [3.8, 4) is 0 Å². The number of nitrogens with zero attached hydrogens (tertiary/aromatic N) is 1. The molecular formula is C20H28FNO3. The summed E-state index contributed by atoms with van der Waals surface area (Å²) in [6.07, 6.45) is 4.00. The molecule has 2 aliphatic rings. The molecule has 4 nitrogen and oxygen atoms in total. The molecule has 1 aromatic rings. The van der Waals surface area contributed by atoms with Crippen LogP contribution in [-0.2, 0) is 16.0 Å². The van der Waals surface area contributed by atoms with Gasteiger partial charge in [0.2, 0.25) is 5.91 Å². The molecule has 0 radical (unpaired) electrons. The number of rotatable bonds is 5. The molecule has 1 saturated carbocycles. The van der Waals surface area contributed by atoms with Crippen molar-refractivity contribution in [1.82, 2.24) is 4.90 Å². The first-order valence-electron chi connectivity index (χ1n) is 9.16. The number of amides is 1. The first-order chi connectivity index (χ1) is 11.9. The highest BCUT2D eigenvalue weighted by Crippen LogP contribution is 2.57. The number of halogens is 1. The Labute approximate surface area is 149 Å². The summed E-state index contributed by atoms with van der Waals surface area (Å²) in [5.74, 6) is -0.0618. The number of hydrogen-bond donors (Lipinski definition) is 1. The molecule has 0 aromatic heterocycles. The van der Waals surface area contributed by atoms with E-state index >= 15 is 0 Å². The second-order valence-corrected chi connectivity index (χ2v) is 7.67. The van der Waals surface area contributed by atoms with Crippen molar-refractivity contribution in [2.75, 3.05) is 20.2 Å². The van der Waals surface area contributed by atoms with Crippen LogP contribution in [0.5, 0.6) is 0 Å². The van der Waals surface area contributed by atoms with E-state index in [2.05, 4.69) is 6.92 Å². The van der Waals surface area contributed by atoms with Gasteiger partial charge in [-0.1, -0.05) is 12.1 Å². The molecular weight excluding hydrogens is 321 g/mol. The molecule has 0 unspecified atom stereocenters. The van der Waals surface area contributed by atoms with Crippen LogP contribution in [0.15, 0.2) is 24.3 Å². The third-order valence-corrected chi connectivity index (χ3v) is 6.50. The second kappa shape index (κ2) is 7.04. The number of benzene rings is 1. The number of aryl methyl sites for hydroxylation is 1. The fourth-order valence-electron chi connectivity index (χ4n) is 4.55. The first kappa shape index (κ1) is 18.3. The van der Waals surface area contributed by atoms with E-state index < -0.39 is 0 Å². The molecule has 2 atom stereocenters. The highest BCUT2D eigenvalue weighted by atomic mass is 19.1. The van der Waals surface area contributed by atoms with E-state index in [0.717, 1.165) is 31.2 Å². The maximum atomic E-state index is 12.9. The molecule has 1 aliphatic heterocycles. The van der Waals surface area contributed by atoms with Gasteiger partial charge < -0.3 is 14.7 Å². The number of carbonyl (C=O) groups excluding carboxylic acids is 1. The largest absolute Gasteiger partial charge is 0.392 e. The molecule has 138 valence electrons. The lowest BCUT2D eigenvalue weighted by Gasteiger charge is -2.62. The van der Waals surface area contributed by atoms with Crippen molar-refractivity contribution in [3.63, 3.8) is 0 Å². The molecule has 1 aromatic carbocycles. The van der Waals surface area contributed by atoms with Crippen LogP contribution in [0.25, 0.3) is 0 Å². The summed E-state index contributed by atoms with van der Waals surface area (Å²) in [6, 6.07) is 6.46. The fraction of sp³-hybridized carbons (Fsp3) is 0.650. The Hall–Kier alpha value is -1.46. The minimum absolute atomic E-state index is 0.171. The van der Waals surface area contributed by atoms with Gasteiger partial charge >= 0.3 is 0 Å². The molecule has 1 aliphatic carbocycles. The van der Waals surface area contributed by atoms with E-state index in [-0.39, 0.29) is 28.8 Å². The van der Waals surface area contributed by atoms with E-state index in [0.29, 0.717) is 25.9 Å². The van der Waals surface area contributed by atoms with E-state index in [1.807, 2.05) is 4.90 Å². The molecule has 25 heavy (non-hydrogen) atoms. The Balaban J connectivity index is 1.46. The number of carbonyl (C=O) groups is 1. The zero-order valence-electron chi connectivity index (χ0n) is 15.1. The maximum Gasteiger partial charge on any atom is 0.222 e. The molecule has 3 rings (SSSR count). The van der Waals surface area contributed by atoms with Gasteiger partial charge in [0.1, 0.15) is 5.82 Å². The summed E-state index contributed by atoms with van der Waals surface area (Å²) in [6.45, 7) is 3.44. The van der Waals surface area contributed by atoms with Crippen LogP contribution >= 0.6 is 0 Å². The number of piperidine rings is 1. The van der Waals surface area contributed by atoms with Crippen molar-refractivity contribution in [1.29, 1.82) is 0 Å². The third-order valence-electron chi connectivity index (χ3n) is 6.50. The summed E-state index contributed by atoms with van der Waals surface area (Å²) < 4.78 is 18.6. The number of aliphatic hydroxyl groups is 1. The predicted octanol–water partition coefficient (Wildman–Crippen LogP) is 2.93. The van der Waals surface area contributed by atoms with Gasteiger partial charge in [0.05, 0.1) is 11.7 Å². The third kappa shape index (κ3) is 3.32. The Kier molecular flexibility index (Phi) is 5.16. The number of hydrogen-bond acceptors (Lipinski definition) is 3. The van der Waals surface area contributed by atoms with Crippen LogP contribution in [0, 0.1) is 11.2 Å². The van der Waals surface area contributed by atoms with Crippen molar-refractivity contribution in [3.05, 3.63) is 35.6 Å². The molecule has 1 N–H and O–H groups in total. The van der Waals surface area contributed by atoms with Gasteiger partial charge in [0.25, 0.3) is 0 Å². The maximum absolute atomic E-state index is 12.9. The Morgan fingerprint density at radius 2 is 1.96 bits per heavy atom. The van der Waals surface area contributed by atoms with Gasteiger partial charge in [-0.3, -0.25) is 4.79 Å². The summed E-state index contributed by atoms with van der Waals surface area (Å²) in [7, 11) is 1.71. The second-order valence-electron chi connectivity index (χ2n) is 7.67. The van der Waals surface area contributed by atoms with E-state index in [1.165, 1.54) is 12.1 Å². The Morgan fingerprint density at radius 1 is 1.32 bits per heavy atom. The van der Waals surface area contributed by atoms with Crippen molar-refractivity contribution < 1.29 is 19.0 Å². The average Bonchev–Trinajstić information content (AvgIpc) is 2.63. The predicted molar refractivity (Wildman–Crippen MR) is 93.6 cm³/mol. The lowest BCUT2D eigenvalue weighted by molar-refractivity contribution is -0.261. The van der Waals surface area contributed by atoms with Crippen molar-refractivity contribution in [2.24, 2.45) is 5.41 Å². The van der Waals surface area contributed by atoms with Gasteiger partial charge in [-0.05, 0) is 50.3 Å². The Morgan fingerprint density at radius 3 is 2.52 bits per heavy atom. The molecule has 2 fully saturated rings. The zero-order chi connectivity index (χ0) is 18.1. The lowest BCUT2D eigenvalue weighted by atomic mass is 9.51. The smallest absolute Gasteiger partial charge is 0.222 e. The van der Waals surface area contributed by atoms with Crippen LogP contribution < -0.4 is 0 Å². The van der Waals surface area contributed by atoms with Gasteiger partial charge in [-0.15, -0.1) is 0 Å². The standard InChI is InChI=1S/C20H28FNO3/c1-19(25-2)14-17(23)20(19)10-12-22(13-11-20)18(24)5-3-4-15-6-8-16(21)9-7-15/h6-9,17,23H,3-5,10-14H2,1-2H3/t17-,19+/m1/s1. The van der Waals surface area contributed by atoms with Crippen molar-refractivity contribution >= 4 is 5.91 Å². The van der Waals surface area contributed by atoms with Gasteiger partial charge in [0.15, 0.2) is 0 Å². The normalized spacial score (nSPS) is 28.0. The topological polar surface area (TPSA) is 49.8 Å². The van der Waals surface area contributed by atoms with E-state index in [4.69, 9.17) is 4.74 Å². The van der Waals surface area contributed by atoms with Crippen molar-refractivity contribution in [2.45, 2.75) is 57.2 Å². The first-order valence-corrected chi connectivity index (χ1v) is 9.16. The van der Waals surface area contributed by atoms with Gasteiger partial charge in [-0.25, -0.2) is 4.39 Å². The molecule has 1 spiro atoms. The Bertz CT molecular complexity index is 610. The van der Waals surface area contributed by atoms with Gasteiger partial charge in [-0.2, -0.15) is 0 Å². The van der Waals surface area contributed by atoms with Crippen LogP contribution in [-0.4, -0.2) is 47.8 Å². The van der Waals surface area contributed by atoms with Crippen LogP contribution in [0.2, 0.25) is 0 Å². The van der Waals surface area contributed by atoms with E-state index in [9.17, 15) is 14.3 Å². The summed E-state index contributed by atoms with van der Waals surface area (Å²) in [5.41, 5.74) is 0.580. The summed E-state index contributed by atoms with van der Waals surface area (Å²) >= 11 is 0. The highest BCUT2D eigenvalue weighted by molar-refractivity contribution is 5.76. The number of methoxy groups -OCH3 is 1. The number of aliphatic hydroxyl groups excluding tert-OH is 1. The van der Waals surface area contributed by atoms with E-state index in [1.54, 1.807) is 19.2 Å². The molecule has 1 heterocycles. The fourth-order valence-corrected chi connectivity index (χ4v) is 4.55. The molecule has 1 saturated heterocycles. The van der Waals surface area contributed by atoms with Crippen LogP contribution in [0.1, 0.15) is 44.6 Å². The van der Waals surface area contributed by atoms with Gasteiger partial charge in [0, 0.05) is 38.5 Å².